The zero-order valence-corrected chi connectivity index (χ0v) is 18.6. The summed E-state index contributed by atoms with van der Waals surface area (Å²) in [6, 6.07) is 7.64. The Morgan fingerprint density at radius 3 is 2.28 bits per heavy atom. The van der Waals surface area contributed by atoms with Crippen LogP contribution in [-0.4, -0.2) is 33.2 Å². The molecule has 1 unspecified atom stereocenters. The maximum absolute atomic E-state index is 14.1. The highest BCUT2D eigenvalue weighted by atomic mass is 35.5. The van der Waals surface area contributed by atoms with Gasteiger partial charge < -0.3 is 15.9 Å². The minimum atomic E-state index is -4.95. The first-order valence-electron chi connectivity index (χ1n) is 9.51. The summed E-state index contributed by atoms with van der Waals surface area (Å²) in [7, 11) is 0. The molecule has 0 amide bonds. The summed E-state index contributed by atoms with van der Waals surface area (Å²) in [5.74, 6) is -3.79. The highest BCUT2D eigenvalue weighted by molar-refractivity contribution is 8.04. The van der Waals surface area contributed by atoms with Crippen molar-refractivity contribution in [1.29, 1.82) is 0 Å². The summed E-state index contributed by atoms with van der Waals surface area (Å²) in [4.78, 5) is 11.0. The Kier molecular flexibility index (Phi) is 6.57. The van der Waals surface area contributed by atoms with Crippen molar-refractivity contribution in [1.82, 2.24) is 0 Å². The lowest BCUT2D eigenvalue weighted by molar-refractivity contribution is -0.267. The molecule has 10 heteroatoms. The molecule has 3 atom stereocenters. The molecule has 3 rings (SSSR count). The van der Waals surface area contributed by atoms with Crippen molar-refractivity contribution in [2.75, 3.05) is 0 Å². The molecule has 0 radical (unpaired) electrons. The maximum Gasteiger partial charge on any atom is 0.418 e. The summed E-state index contributed by atoms with van der Waals surface area (Å²) in [5.41, 5.74) is 3.52. The van der Waals surface area contributed by atoms with Gasteiger partial charge in [0.05, 0.1) is 15.8 Å². The van der Waals surface area contributed by atoms with E-state index in [0.29, 0.717) is 16.7 Å². The van der Waals surface area contributed by atoms with Gasteiger partial charge in [-0.2, -0.15) is 13.2 Å². The number of aromatic carboxylic acids is 1. The quantitative estimate of drug-likeness (QED) is 0.453. The number of hydrogen-bond donors (Lipinski definition) is 3. The molecule has 0 bridgehead atoms. The average Bonchev–Trinajstić information content (AvgIpc) is 3.04. The number of rotatable bonds is 5. The van der Waals surface area contributed by atoms with E-state index >= 15 is 0 Å². The number of benzene rings is 2. The second-order valence-electron chi connectivity index (χ2n) is 7.74. The molecule has 32 heavy (non-hydrogen) atoms. The molecule has 0 aliphatic carbocycles. The van der Waals surface area contributed by atoms with Crippen molar-refractivity contribution < 1.29 is 32.6 Å². The number of alkyl halides is 3. The van der Waals surface area contributed by atoms with Gasteiger partial charge in [-0.3, -0.25) is 0 Å². The van der Waals surface area contributed by atoms with Gasteiger partial charge in [0.1, 0.15) is 5.82 Å². The molecule has 0 saturated heterocycles. The molecule has 4 nitrogen and oxygen atoms in total. The summed E-state index contributed by atoms with van der Waals surface area (Å²) in [5, 5.41) is 18.9. The predicted octanol–water partition coefficient (Wildman–Crippen LogP) is 5.94. The van der Waals surface area contributed by atoms with Gasteiger partial charge in [-0.25, -0.2) is 9.18 Å². The van der Waals surface area contributed by atoms with Crippen molar-refractivity contribution in [3.63, 3.8) is 0 Å². The van der Waals surface area contributed by atoms with Gasteiger partial charge in [0.2, 0.25) is 0 Å². The maximum atomic E-state index is 14.1. The third kappa shape index (κ3) is 4.21. The van der Waals surface area contributed by atoms with Crippen LogP contribution in [-0.2, 0) is 0 Å². The van der Waals surface area contributed by atoms with Crippen LogP contribution in [0.5, 0.6) is 0 Å². The Bertz CT molecular complexity index is 1090. The van der Waals surface area contributed by atoms with Gasteiger partial charge in [0.15, 0.2) is 5.60 Å². The zero-order valence-electron chi connectivity index (χ0n) is 17.0. The predicted molar refractivity (Wildman–Crippen MR) is 116 cm³/mol. The summed E-state index contributed by atoms with van der Waals surface area (Å²) < 4.78 is 56.4. The van der Waals surface area contributed by atoms with E-state index in [9.17, 15) is 27.5 Å². The molecule has 172 valence electrons. The number of hydrogen-bond acceptors (Lipinski definition) is 4. The van der Waals surface area contributed by atoms with Crippen LogP contribution in [0.1, 0.15) is 42.1 Å². The Morgan fingerprint density at radius 1 is 1.22 bits per heavy atom. The largest absolute Gasteiger partial charge is 0.478 e. The first kappa shape index (κ1) is 24.4. The Balaban J connectivity index is 1.99. The van der Waals surface area contributed by atoms with E-state index in [-0.39, 0.29) is 22.0 Å². The molecule has 2 aromatic rings. The van der Waals surface area contributed by atoms with E-state index in [0.717, 1.165) is 23.9 Å². The summed E-state index contributed by atoms with van der Waals surface area (Å²) in [6.07, 6.45) is -4.96. The third-order valence-electron chi connectivity index (χ3n) is 5.79. The van der Waals surface area contributed by atoms with Crippen molar-refractivity contribution >= 4 is 29.3 Å². The molecule has 1 aliphatic rings. The first-order valence-corrected chi connectivity index (χ1v) is 10.8. The van der Waals surface area contributed by atoms with Gasteiger partial charge >= 0.3 is 12.1 Å². The highest BCUT2D eigenvalue weighted by Gasteiger charge is 2.63. The SMILES string of the molecule is CC1=C(N)SC([C@](O)([C@H](C)c2ccc(-c3ccc(C(=O)O)c(F)c3)cc2Cl)C(F)(F)F)C1. The number of aliphatic hydroxyl groups is 1. The molecule has 4 N–H and O–H groups in total. The fraction of sp³-hybridized carbons (Fsp3) is 0.318. The fourth-order valence-electron chi connectivity index (χ4n) is 3.79. The normalized spacial score (nSPS) is 19.7. The van der Waals surface area contributed by atoms with Gasteiger partial charge in [-0.1, -0.05) is 36.7 Å². The van der Waals surface area contributed by atoms with Crippen molar-refractivity contribution in [3.8, 4) is 11.1 Å². The smallest absolute Gasteiger partial charge is 0.418 e. The lowest BCUT2D eigenvalue weighted by atomic mass is 9.78. The molecule has 0 aromatic heterocycles. The lowest BCUT2D eigenvalue weighted by Gasteiger charge is -2.40. The van der Waals surface area contributed by atoms with Crippen LogP contribution in [0.4, 0.5) is 17.6 Å². The van der Waals surface area contributed by atoms with Crippen molar-refractivity contribution in [3.05, 3.63) is 69.0 Å². The topological polar surface area (TPSA) is 83.5 Å². The number of nitrogens with two attached hydrogens (primary N) is 1. The number of halogens is 5. The van der Waals surface area contributed by atoms with E-state index in [1.54, 1.807) is 6.92 Å². The lowest BCUT2D eigenvalue weighted by Crippen LogP contribution is -2.56. The minimum absolute atomic E-state index is 0.0121. The first-order chi connectivity index (χ1) is 14.8. The van der Waals surface area contributed by atoms with E-state index in [1.165, 1.54) is 31.2 Å². The zero-order chi connectivity index (χ0) is 24.0. The van der Waals surface area contributed by atoms with Gasteiger partial charge in [0, 0.05) is 10.9 Å². The van der Waals surface area contributed by atoms with Crippen LogP contribution in [0.3, 0.4) is 0 Å². The monoisotopic (exact) mass is 489 g/mol. The van der Waals surface area contributed by atoms with E-state index in [4.69, 9.17) is 22.4 Å². The Labute approximate surface area is 191 Å². The number of carboxylic acid groups (broad SMARTS) is 1. The van der Waals surface area contributed by atoms with E-state index in [1.807, 2.05) is 0 Å². The van der Waals surface area contributed by atoms with E-state index < -0.39 is 40.3 Å². The molecular weight excluding hydrogens is 470 g/mol. The fourth-order valence-corrected chi connectivity index (χ4v) is 5.58. The second kappa shape index (κ2) is 8.61. The van der Waals surface area contributed by atoms with Crippen LogP contribution in [0.15, 0.2) is 47.0 Å². The van der Waals surface area contributed by atoms with Crippen LogP contribution in [0.2, 0.25) is 5.02 Å². The molecule has 1 heterocycles. The summed E-state index contributed by atoms with van der Waals surface area (Å²) >= 11 is 7.10. The molecule has 0 spiro atoms. The standard InChI is InChI=1S/C22H20ClF4NO3S/c1-10-7-18(32-19(10)28)21(31,22(25,26)27)11(2)14-5-3-12(8-16(14)23)13-4-6-15(20(29)30)17(24)9-13/h3-6,8-9,11,18,31H,7,28H2,1-2H3,(H,29,30)/t11-,18?,21-/m1/s1. The van der Waals surface area contributed by atoms with Crippen molar-refractivity contribution in [2.45, 2.75) is 43.2 Å². The minimum Gasteiger partial charge on any atom is -0.478 e. The van der Waals surface area contributed by atoms with Crippen LogP contribution >= 0.6 is 23.4 Å². The van der Waals surface area contributed by atoms with Crippen LogP contribution in [0, 0.1) is 5.82 Å². The number of thioether (sulfide) groups is 1. The Morgan fingerprint density at radius 2 is 1.81 bits per heavy atom. The molecular formula is C22H20ClF4NO3S. The van der Waals surface area contributed by atoms with E-state index in [2.05, 4.69) is 0 Å². The van der Waals surface area contributed by atoms with Gasteiger partial charge in [0.25, 0.3) is 0 Å². The van der Waals surface area contributed by atoms with Gasteiger partial charge in [-0.15, -0.1) is 11.8 Å². The average molecular weight is 490 g/mol. The molecule has 1 aliphatic heterocycles. The molecule has 2 aromatic carbocycles. The third-order valence-corrected chi connectivity index (χ3v) is 7.53. The second-order valence-corrected chi connectivity index (χ2v) is 9.39. The highest BCUT2D eigenvalue weighted by Crippen LogP contribution is 2.53. The number of carbonyl (C=O) groups is 1. The molecule has 0 fully saturated rings. The van der Waals surface area contributed by atoms with Crippen LogP contribution < -0.4 is 5.73 Å². The van der Waals surface area contributed by atoms with Crippen molar-refractivity contribution in [2.24, 2.45) is 5.73 Å². The number of allylic oxidation sites excluding steroid dienone is 1. The Hall–Kier alpha value is -2.23. The number of carboxylic acids is 1. The molecule has 0 saturated carbocycles. The summed E-state index contributed by atoms with van der Waals surface area (Å²) in [6.45, 7) is 2.88. The van der Waals surface area contributed by atoms with Gasteiger partial charge in [-0.05, 0) is 53.8 Å². The van der Waals surface area contributed by atoms with Crippen LogP contribution in [0.25, 0.3) is 11.1 Å².